The fraction of sp³-hybridized carbons (Fsp3) is 0.222. The van der Waals surface area contributed by atoms with Gasteiger partial charge < -0.3 is 0 Å². The largest absolute Gasteiger partial charge is 0.268 e. The minimum absolute atomic E-state index is 0.428. The number of fused-ring (bicyclic) bond motifs is 1. The van der Waals surface area contributed by atoms with Crippen molar-refractivity contribution in [3.63, 3.8) is 0 Å². The minimum Gasteiger partial charge on any atom is -0.268 e. The van der Waals surface area contributed by atoms with Crippen LogP contribution in [0.25, 0.3) is 10.9 Å². The number of hydrogen-bond acceptors (Lipinski definition) is 1. The van der Waals surface area contributed by atoms with Gasteiger partial charge in [0.2, 0.25) is 0 Å². The number of aromatic nitrogens is 2. The smallest absolute Gasteiger partial charge is 0.115 e. The van der Waals surface area contributed by atoms with Crippen LogP contribution in [0.3, 0.4) is 0 Å². The first-order valence-electron chi connectivity index (χ1n) is 3.78. The second-order valence-electron chi connectivity index (χ2n) is 2.75. The van der Waals surface area contributed by atoms with Gasteiger partial charge in [0.1, 0.15) is 6.67 Å². The SMILES string of the molecule is Cn1ncc2c(CF)cccc21. The number of benzene rings is 1. The summed E-state index contributed by atoms with van der Waals surface area (Å²) in [5.74, 6) is 0. The van der Waals surface area contributed by atoms with E-state index in [-0.39, 0.29) is 0 Å². The van der Waals surface area contributed by atoms with Crippen molar-refractivity contribution in [2.45, 2.75) is 6.67 Å². The van der Waals surface area contributed by atoms with Crippen molar-refractivity contribution in [3.05, 3.63) is 30.0 Å². The van der Waals surface area contributed by atoms with E-state index in [4.69, 9.17) is 0 Å². The number of rotatable bonds is 1. The molecule has 0 N–H and O–H groups in total. The highest BCUT2D eigenvalue weighted by atomic mass is 19.1. The van der Waals surface area contributed by atoms with Crippen molar-refractivity contribution in [3.8, 4) is 0 Å². The highest BCUT2D eigenvalue weighted by Crippen LogP contribution is 2.18. The second-order valence-corrected chi connectivity index (χ2v) is 2.75. The van der Waals surface area contributed by atoms with Crippen molar-refractivity contribution in [2.24, 2.45) is 7.05 Å². The van der Waals surface area contributed by atoms with Crippen molar-refractivity contribution in [2.75, 3.05) is 0 Å². The molecule has 0 amide bonds. The zero-order valence-corrected chi connectivity index (χ0v) is 6.79. The van der Waals surface area contributed by atoms with Gasteiger partial charge >= 0.3 is 0 Å². The van der Waals surface area contributed by atoms with Gasteiger partial charge in [-0.25, -0.2) is 4.39 Å². The Morgan fingerprint density at radius 3 is 3.08 bits per heavy atom. The molecular formula is C9H9FN2. The Hall–Kier alpha value is -1.38. The average Bonchev–Trinajstić information content (AvgIpc) is 2.48. The average molecular weight is 164 g/mol. The molecule has 2 aromatic rings. The molecule has 0 aliphatic rings. The van der Waals surface area contributed by atoms with Gasteiger partial charge in [-0.3, -0.25) is 4.68 Å². The molecule has 0 radical (unpaired) electrons. The molecule has 0 bridgehead atoms. The molecule has 2 nitrogen and oxygen atoms in total. The van der Waals surface area contributed by atoms with Crippen molar-refractivity contribution in [1.82, 2.24) is 9.78 Å². The molecule has 2 rings (SSSR count). The van der Waals surface area contributed by atoms with Gasteiger partial charge in [-0.2, -0.15) is 5.10 Å². The topological polar surface area (TPSA) is 17.8 Å². The summed E-state index contributed by atoms with van der Waals surface area (Å²) < 4.78 is 14.2. The summed E-state index contributed by atoms with van der Waals surface area (Å²) in [7, 11) is 1.85. The Kier molecular flexibility index (Phi) is 1.57. The van der Waals surface area contributed by atoms with E-state index < -0.39 is 6.67 Å². The third-order valence-corrected chi connectivity index (χ3v) is 2.03. The lowest BCUT2D eigenvalue weighted by molar-refractivity contribution is 0.488. The maximum Gasteiger partial charge on any atom is 0.115 e. The summed E-state index contributed by atoms with van der Waals surface area (Å²) in [6, 6.07) is 5.56. The fourth-order valence-electron chi connectivity index (χ4n) is 1.35. The zero-order valence-electron chi connectivity index (χ0n) is 6.79. The summed E-state index contributed by atoms with van der Waals surface area (Å²) in [6.07, 6.45) is 1.70. The van der Waals surface area contributed by atoms with Crippen molar-refractivity contribution >= 4 is 10.9 Å². The highest BCUT2D eigenvalue weighted by molar-refractivity contribution is 5.82. The van der Waals surface area contributed by atoms with Crippen LogP contribution >= 0.6 is 0 Å². The summed E-state index contributed by atoms with van der Waals surface area (Å²) >= 11 is 0. The normalized spacial score (nSPS) is 10.8. The molecule has 62 valence electrons. The van der Waals surface area contributed by atoms with Gasteiger partial charge in [0.15, 0.2) is 0 Å². The molecule has 1 heterocycles. The highest BCUT2D eigenvalue weighted by Gasteiger charge is 2.02. The lowest BCUT2D eigenvalue weighted by Crippen LogP contribution is -1.88. The Bertz CT molecular complexity index is 406. The standard InChI is InChI=1S/C9H9FN2/c1-12-9-4-2-3-7(5-10)8(9)6-11-12/h2-4,6H,5H2,1H3. The Morgan fingerprint density at radius 1 is 1.50 bits per heavy atom. The maximum absolute atomic E-state index is 12.4. The molecule has 3 heteroatoms. The van der Waals surface area contributed by atoms with E-state index in [9.17, 15) is 4.39 Å². The third-order valence-electron chi connectivity index (χ3n) is 2.03. The van der Waals surface area contributed by atoms with Crippen LogP contribution in [0.2, 0.25) is 0 Å². The molecule has 0 spiro atoms. The molecule has 12 heavy (non-hydrogen) atoms. The van der Waals surface area contributed by atoms with Gasteiger partial charge in [0.25, 0.3) is 0 Å². The molecule has 0 fully saturated rings. The molecule has 0 aliphatic heterocycles. The monoisotopic (exact) mass is 164 g/mol. The van der Waals surface area contributed by atoms with E-state index in [2.05, 4.69) is 5.10 Å². The lowest BCUT2D eigenvalue weighted by Gasteiger charge is -1.96. The molecule has 0 atom stereocenters. The van der Waals surface area contributed by atoms with E-state index in [1.807, 2.05) is 19.2 Å². The van der Waals surface area contributed by atoms with Gasteiger partial charge in [0.05, 0.1) is 11.7 Å². The molecule has 0 aliphatic carbocycles. The van der Waals surface area contributed by atoms with Crippen LogP contribution in [0.15, 0.2) is 24.4 Å². The van der Waals surface area contributed by atoms with Crippen LogP contribution < -0.4 is 0 Å². The quantitative estimate of drug-likeness (QED) is 0.630. The van der Waals surface area contributed by atoms with Gasteiger partial charge in [0, 0.05) is 12.4 Å². The van der Waals surface area contributed by atoms with Crippen LogP contribution in [-0.2, 0) is 13.7 Å². The first-order chi connectivity index (χ1) is 5.83. The first kappa shape index (κ1) is 7.28. The van der Waals surface area contributed by atoms with Crippen LogP contribution in [0.5, 0.6) is 0 Å². The Labute approximate surface area is 69.6 Å². The number of halogens is 1. The van der Waals surface area contributed by atoms with Crippen molar-refractivity contribution in [1.29, 1.82) is 0 Å². The molecular weight excluding hydrogens is 155 g/mol. The van der Waals surface area contributed by atoms with E-state index in [0.29, 0.717) is 5.56 Å². The van der Waals surface area contributed by atoms with Crippen LogP contribution in [-0.4, -0.2) is 9.78 Å². The van der Waals surface area contributed by atoms with E-state index in [1.54, 1.807) is 16.9 Å². The first-order valence-corrected chi connectivity index (χ1v) is 3.78. The van der Waals surface area contributed by atoms with Crippen molar-refractivity contribution < 1.29 is 4.39 Å². The van der Waals surface area contributed by atoms with Crippen LogP contribution in [0.4, 0.5) is 4.39 Å². The molecule has 1 aromatic carbocycles. The fourth-order valence-corrected chi connectivity index (χ4v) is 1.35. The van der Waals surface area contributed by atoms with Gasteiger partial charge in [-0.05, 0) is 11.6 Å². The third kappa shape index (κ3) is 0.897. The van der Waals surface area contributed by atoms with Gasteiger partial charge in [-0.15, -0.1) is 0 Å². The predicted molar refractivity (Wildman–Crippen MR) is 45.5 cm³/mol. The van der Waals surface area contributed by atoms with Gasteiger partial charge in [-0.1, -0.05) is 12.1 Å². The number of hydrogen-bond donors (Lipinski definition) is 0. The molecule has 0 unspecified atom stereocenters. The molecule has 0 saturated heterocycles. The summed E-state index contributed by atoms with van der Waals surface area (Å²) in [5.41, 5.74) is 1.69. The number of aryl methyl sites for hydroxylation is 1. The van der Waals surface area contributed by atoms with Crippen LogP contribution in [0.1, 0.15) is 5.56 Å². The maximum atomic E-state index is 12.4. The summed E-state index contributed by atoms with van der Waals surface area (Å²) in [5, 5.41) is 4.96. The minimum atomic E-state index is -0.428. The second kappa shape index (κ2) is 2.59. The van der Waals surface area contributed by atoms with E-state index >= 15 is 0 Å². The van der Waals surface area contributed by atoms with E-state index in [1.165, 1.54) is 0 Å². The Morgan fingerprint density at radius 2 is 2.33 bits per heavy atom. The van der Waals surface area contributed by atoms with Crippen LogP contribution in [0, 0.1) is 0 Å². The summed E-state index contributed by atoms with van der Waals surface area (Å²) in [4.78, 5) is 0. The lowest BCUT2D eigenvalue weighted by atomic mass is 10.1. The number of alkyl halides is 1. The predicted octanol–water partition coefficient (Wildman–Crippen LogP) is 2.04. The molecule has 0 saturated carbocycles. The Balaban J connectivity index is 2.81. The number of nitrogens with zero attached hydrogens (tertiary/aromatic N) is 2. The molecule has 1 aromatic heterocycles. The summed E-state index contributed by atoms with van der Waals surface area (Å²) in [6.45, 7) is -0.428. The zero-order chi connectivity index (χ0) is 8.55. The van der Waals surface area contributed by atoms with E-state index in [0.717, 1.165) is 10.9 Å².